The first-order valence-corrected chi connectivity index (χ1v) is 10.7. The third kappa shape index (κ3) is 5.93. The molecule has 4 heteroatoms. The van der Waals surface area contributed by atoms with Gasteiger partial charge in [-0.3, -0.25) is 0 Å². The van der Waals surface area contributed by atoms with Crippen molar-refractivity contribution < 1.29 is 14.3 Å². The number of aromatic carboxylic acids is 1. The molecule has 0 aliphatic heterocycles. The molecule has 1 rings (SSSR count). The lowest BCUT2D eigenvalue weighted by Crippen LogP contribution is -2.40. The molecule has 0 atom stereocenters. The summed E-state index contributed by atoms with van der Waals surface area (Å²) >= 11 is 0. The molecule has 0 spiro atoms. The number of carboxylic acid groups (broad SMARTS) is 1. The van der Waals surface area contributed by atoms with Gasteiger partial charge in [0, 0.05) is 7.11 Å². The van der Waals surface area contributed by atoms with Gasteiger partial charge in [-0.15, -0.1) is 0 Å². The lowest BCUT2D eigenvalue weighted by molar-refractivity contribution is 0.0697. The molecule has 0 aromatic heterocycles. The van der Waals surface area contributed by atoms with Gasteiger partial charge in [-0.1, -0.05) is 39.8 Å². The highest BCUT2D eigenvalue weighted by molar-refractivity contribution is 6.73. The van der Waals surface area contributed by atoms with Gasteiger partial charge < -0.3 is 9.53 Å². The number of rotatable bonds is 9. The van der Waals surface area contributed by atoms with Crippen LogP contribution in [0, 0.1) is 11.8 Å². The number of hydrogen-bond donors (Lipinski definition) is 1. The van der Waals surface area contributed by atoms with Crippen molar-refractivity contribution in [2.24, 2.45) is 11.8 Å². The van der Waals surface area contributed by atoms with E-state index in [1.54, 1.807) is 12.1 Å². The third-order valence-electron chi connectivity index (χ3n) is 4.06. The van der Waals surface area contributed by atoms with E-state index in [2.05, 4.69) is 27.7 Å². The Morgan fingerprint density at radius 3 is 1.95 bits per heavy atom. The number of carboxylic acids is 1. The number of hydrogen-bond acceptors (Lipinski definition) is 2. The second-order valence-electron chi connectivity index (χ2n) is 7.09. The Morgan fingerprint density at radius 2 is 1.59 bits per heavy atom. The highest BCUT2D eigenvalue weighted by Crippen LogP contribution is 2.31. The summed E-state index contributed by atoms with van der Waals surface area (Å²) in [4.78, 5) is 10.9. The minimum atomic E-state index is -1.73. The zero-order valence-corrected chi connectivity index (χ0v) is 15.6. The average molecular weight is 323 g/mol. The van der Waals surface area contributed by atoms with E-state index < -0.39 is 14.3 Å². The summed E-state index contributed by atoms with van der Waals surface area (Å²) in [5.41, 5.74) is 1.55. The summed E-state index contributed by atoms with van der Waals surface area (Å²) in [6.45, 7) is 9.07. The average Bonchev–Trinajstić information content (AvgIpc) is 2.44. The van der Waals surface area contributed by atoms with E-state index >= 15 is 0 Å². The molecular weight excluding hydrogens is 292 g/mol. The van der Waals surface area contributed by atoms with Gasteiger partial charge >= 0.3 is 5.97 Å². The van der Waals surface area contributed by atoms with Crippen LogP contribution < -0.4 is 0 Å². The maximum Gasteiger partial charge on any atom is 0.335 e. The van der Waals surface area contributed by atoms with Crippen molar-refractivity contribution in [2.45, 2.75) is 52.2 Å². The Balaban J connectivity index is 2.78. The van der Waals surface area contributed by atoms with Crippen LogP contribution in [0.5, 0.6) is 0 Å². The van der Waals surface area contributed by atoms with E-state index in [1.807, 2.05) is 19.2 Å². The second kappa shape index (κ2) is 8.49. The molecule has 1 N–H and O–H groups in total. The Kier molecular flexibility index (Phi) is 7.30. The van der Waals surface area contributed by atoms with Crippen LogP contribution in [0.3, 0.4) is 0 Å². The summed E-state index contributed by atoms with van der Waals surface area (Å²) < 4.78 is 6.09. The first-order valence-electron chi connectivity index (χ1n) is 8.15. The SMILES string of the molecule is CO[Si](CCc1ccc(C(=O)O)cc1)(CC(C)C)CC(C)C. The summed E-state index contributed by atoms with van der Waals surface area (Å²) in [5, 5.41) is 8.96. The Labute approximate surface area is 135 Å². The number of aryl methyl sites for hydroxylation is 1. The molecular formula is C18H30O3Si. The molecule has 0 saturated heterocycles. The van der Waals surface area contributed by atoms with Crippen LogP contribution >= 0.6 is 0 Å². The van der Waals surface area contributed by atoms with Crippen molar-refractivity contribution in [1.82, 2.24) is 0 Å². The first kappa shape index (κ1) is 18.9. The van der Waals surface area contributed by atoms with Crippen molar-refractivity contribution in [2.75, 3.05) is 7.11 Å². The molecule has 3 nitrogen and oxygen atoms in total. The van der Waals surface area contributed by atoms with Crippen molar-refractivity contribution in [3.05, 3.63) is 35.4 Å². The third-order valence-corrected chi connectivity index (χ3v) is 9.21. The van der Waals surface area contributed by atoms with Gasteiger partial charge in [0.05, 0.1) is 5.56 Å². The van der Waals surface area contributed by atoms with Crippen LogP contribution in [-0.2, 0) is 10.8 Å². The molecule has 1 aromatic carbocycles. The molecule has 0 unspecified atom stereocenters. The molecule has 0 radical (unpaired) electrons. The standard InChI is InChI=1S/C18H30O3Si/c1-14(2)12-22(21-5,13-15(3)4)11-10-16-6-8-17(9-7-16)18(19)20/h6-9,14-15H,10-13H2,1-5H3,(H,19,20). The molecule has 0 fully saturated rings. The van der Waals surface area contributed by atoms with E-state index in [1.165, 1.54) is 17.7 Å². The van der Waals surface area contributed by atoms with Gasteiger partial charge in [-0.2, -0.15) is 0 Å². The van der Waals surface area contributed by atoms with Gasteiger partial charge in [0.25, 0.3) is 0 Å². The van der Waals surface area contributed by atoms with Crippen molar-refractivity contribution >= 4 is 14.3 Å². The smallest absolute Gasteiger partial charge is 0.335 e. The molecule has 1 aromatic rings. The fourth-order valence-electron chi connectivity index (χ4n) is 3.23. The topological polar surface area (TPSA) is 46.5 Å². The van der Waals surface area contributed by atoms with Crippen LogP contribution in [-0.4, -0.2) is 26.5 Å². The zero-order valence-electron chi connectivity index (χ0n) is 14.6. The van der Waals surface area contributed by atoms with Gasteiger partial charge in [-0.25, -0.2) is 4.79 Å². The van der Waals surface area contributed by atoms with Gasteiger partial charge in [0.1, 0.15) is 0 Å². The van der Waals surface area contributed by atoms with E-state index in [9.17, 15) is 4.79 Å². The fraction of sp³-hybridized carbons (Fsp3) is 0.611. The lowest BCUT2D eigenvalue weighted by Gasteiger charge is -2.33. The molecule has 0 bridgehead atoms. The Bertz CT molecular complexity index is 456. The number of benzene rings is 1. The van der Waals surface area contributed by atoms with E-state index in [-0.39, 0.29) is 0 Å². The molecule has 0 aliphatic rings. The molecule has 0 heterocycles. The normalized spacial score (nSPS) is 12.1. The first-order chi connectivity index (χ1) is 10.3. The summed E-state index contributed by atoms with van der Waals surface area (Å²) in [6, 6.07) is 10.7. The molecule has 124 valence electrons. The van der Waals surface area contributed by atoms with Crippen molar-refractivity contribution in [3.8, 4) is 0 Å². The maximum absolute atomic E-state index is 10.9. The monoisotopic (exact) mass is 322 g/mol. The molecule has 0 aliphatic carbocycles. The van der Waals surface area contributed by atoms with Crippen LogP contribution in [0.2, 0.25) is 18.1 Å². The highest BCUT2D eigenvalue weighted by Gasteiger charge is 2.35. The van der Waals surface area contributed by atoms with E-state index in [4.69, 9.17) is 9.53 Å². The Morgan fingerprint density at radius 1 is 1.09 bits per heavy atom. The van der Waals surface area contributed by atoms with Crippen molar-refractivity contribution in [1.29, 1.82) is 0 Å². The van der Waals surface area contributed by atoms with Gasteiger partial charge in [0.2, 0.25) is 0 Å². The van der Waals surface area contributed by atoms with E-state index in [0.29, 0.717) is 17.4 Å². The lowest BCUT2D eigenvalue weighted by atomic mass is 10.1. The predicted molar refractivity (Wildman–Crippen MR) is 94.0 cm³/mol. The summed E-state index contributed by atoms with van der Waals surface area (Å²) in [7, 11) is 0.149. The fourth-order valence-corrected chi connectivity index (χ4v) is 8.06. The molecule has 0 amide bonds. The van der Waals surface area contributed by atoms with Gasteiger partial charge in [0.15, 0.2) is 8.32 Å². The minimum absolute atomic E-state index is 0.350. The van der Waals surface area contributed by atoms with Crippen molar-refractivity contribution in [3.63, 3.8) is 0 Å². The van der Waals surface area contributed by atoms with Crippen LogP contribution in [0.1, 0.15) is 43.6 Å². The van der Waals surface area contributed by atoms with Crippen LogP contribution in [0.15, 0.2) is 24.3 Å². The quantitative estimate of drug-likeness (QED) is 0.662. The van der Waals surface area contributed by atoms with Crippen LogP contribution in [0.4, 0.5) is 0 Å². The van der Waals surface area contributed by atoms with E-state index in [0.717, 1.165) is 12.5 Å². The van der Waals surface area contributed by atoms with Crippen LogP contribution in [0.25, 0.3) is 0 Å². The summed E-state index contributed by atoms with van der Waals surface area (Å²) in [6.07, 6.45) is 0.972. The predicted octanol–water partition coefficient (Wildman–Crippen LogP) is 4.83. The second-order valence-corrected chi connectivity index (χ2v) is 11.2. The number of carbonyl (C=O) groups is 1. The highest BCUT2D eigenvalue weighted by atomic mass is 28.4. The maximum atomic E-state index is 10.9. The molecule has 22 heavy (non-hydrogen) atoms. The Hall–Kier alpha value is -1.13. The molecule has 0 saturated carbocycles. The zero-order chi connectivity index (χ0) is 16.8. The van der Waals surface area contributed by atoms with Gasteiger partial charge in [-0.05, 0) is 54.1 Å². The summed E-state index contributed by atoms with van der Waals surface area (Å²) in [5.74, 6) is 0.436. The largest absolute Gasteiger partial charge is 0.478 e. The minimum Gasteiger partial charge on any atom is -0.478 e.